The van der Waals surface area contributed by atoms with Crippen molar-refractivity contribution in [3.63, 3.8) is 0 Å². The number of carbonyl (C=O) groups is 4. The first kappa shape index (κ1) is 40.6. The van der Waals surface area contributed by atoms with Gasteiger partial charge in [0.15, 0.2) is 11.5 Å². The topological polar surface area (TPSA) is 168 Å². The lowest BCUT2D eigenvalue weighted by molar-refractivity contribution is -0.116. The Morgan fingerprint density at radius 2 is 1.43 bits per heavy atom. The molecule has 5 aromatic rings. The maximum Gasteiger partial charge on any atom is 0.272 e. The fraction of sp³-hybridized carbons (Fsp3) is 0.167. The molecule has 1 unspecified atom stereocenters. The number of carbonyl (C=O) groups excluding carboxylic acids is 4. The molecule has 12 nitrogen and oxygen atoms in total. The van der Waals surface area contributed by atoms with Crippen LogP contribution in [0.15, 0.2) is 108 Å². The number of nitriles is 1. The maximum atomic E-state index is 13.9. The summed E-state index contributed by atoms with van der Waals surface area (Å²) in [5.41, 5.74) is 2.42. The molecule has 4 aromatic carbocycles. The molecule has 1 aromatic heterocycles. The standard InChI is InChI=1S/C42H39N5O7S2/c1-6-36(40(50)47-42-31(24-43)25(2)37(56-42)41(51)44-28-16-11-8-12-17-28)55-30-19-13-18-29(22-30)45-39(49)32(46-38(48)26-14-9-7-10-15-26)20-27-21-34(53-4)35(54-5)23-33(27)52-3/h7-23,36H,6H2,1-5H3,(H,44,51)(H,45,49)(H,46,48)(H,47,50)/b32-20+. The van der Waals surface area contributed by atoms with Crippen LogP contribution >= 0.6 is 23.1 Å². The average Bonchev–Trinajstić information content (AvgIpc) is 3.53. The molecule has 1 atom stereocenters. The molecule has 0 fully saturated rings. The summed E-state index contributed by atoms with van der Waals surface area (Å²) >= 11 is 2.32. The van der Waals surface area contributed by atoms with E-state index in [9.17, 15) is 24.4 Å². The predicted octanol–water partition coefficient (Wildman–Crippen LogP) is 8.13. The number of anilines is 3. The quantitative estimate of drug-likeness (QED) is 0.0605. The van der Waals surface area contributed by atoms with Gasteiger partial charge in [0.05, 0.1) is 37.0 Å². The molecule has 0 saturated heterocycles. The Labute approximate surface area is 332 Å². The molecule has 0 aliphatic carbocycles. The van der Waals surface area contributed by atoms with Gasteiger partial charge in [0.1, 0.15) is 22.5 Å². The number of para-hydroxylation sites is 1. The number of benzene rings is 4. The highest BCUT2D eigenvalue weighted by Gasteiger charge is 2.25. The van der Waals surface area contributed by atoms with Gasteiger partial charge in [-0.15, -0.1) is 23.1 Å². The summed E-state index contributed by atoms with van der Waals surface area (Å²) in [4.78, 5) is 54.8. The van der Waals surface area contributed by atoms with Gasteiger partial charge in [0.2, 0.25) is 5.91 Å². The van der Waals surface area contributed by atoms with Crippen molar-refractivity contribution < 1.29 is 33.4 Å². The van der Waals surface area contributed by atoms with Crippen LogP contribution in [0.2, 0.25) is 0 Å². The number of hydrogen-bond donors (Lipinski definition) is 4. The maximum absolute atomic E-state index is 13.9. The Kier molecular flexibility index (Phi) is 13.9. The summed E-state index contributed by atoms with van der Waals surface area (Å²) in [6.07, 6.45) is 1.91. The van der Waals surface area contributed by atoms with Crippen LogP contribution in [0.3, 0.4) is 0 Å². The first-order chi connectivity index (χ1) is 27.1. The van der Waals surface area contributed by atoms with Crippen molar-refractivity contribution in [2.75, 3.05) is 37.3 Å². The minimum Gasteiger partial charge on any atom is -0.496 e. The van der Waals surface area contributed by atoms with Gasteiger partial charge in [-0.05, 0) is 73.5 Å². The molecule has 286 valence electrons. The lowest BCUT2D eigenvalue weighted by Crippen LogP contribution is -2.30. The molecule has 0 aliphatic heterocycles. The lowest BCUT2D eigenvalue weighted by Gasteiger charge is -2.16. The number of ether oxygens (including phenoxy) is 3. The Morgan fingerprint density at radius 3 is 2.07 bits per heavy atom. The smallest absolute Gasteiger partial charge is 0.272 e. The van der Waals surface area contributed by atoms with E-state index >= 15 is 0 Å². The third kappa shape index (κ3) is 9.94. The molecule has 0 radical (unpaired) electrons. The lowest BCUT2D eigenvalue weighted by atomic mass is 10.1. The Balaban J connectivity index is 1.35. The van der Waals surface area contributed by atoms with Crippen molar-refractivity contribution in [2.24, 2.45) is 0 Å². The van der Waals surface area contributed by atoms with Gasteiger partial charge < -0.3 is 35.5 Å². The highest BCUT2D eigenvalue weighted by molar-refractivity contribution is 8.00. The largest absolute Gasteiger partial charge is 0.496 e. The van der Waals surface area contributed by atoms with Crippen LogP contribution in [0.4, 0.5) is 16.4 Å². The van der Waals surface area contributed by atoms with Crippen molar-refractivity contribution in [3.8, 4) is 23.3 Å². The van der Waals surface area contributed by atoms with Crippen LogP contribution in [0.25, 0.3) is 6.08 Å². The molecule has 4 N–H and O–H groups in total. The van der Waals surface area contributed by atoms with E-state index in [1.54, 1.807) is 97.9 Å². The van der Waals surface area contributed by atoms with Crippen molar-refractivity contribution in [2.45, 2.75) is 30.4 Å². The van der Waals surface area contributed by atoms with Gasteiger partial charge >= 0.3 is 0 Å². The summed E-state index contributed by atoms with van der Waals surface area (Å²) in [6.45, 7) is 3.54. The van der Waals surface area contributed by atoms with E-state index in [1.807, 2.05) is 13.0 Å². The molecule has 0 saturated carbocycles. The molecular formula is C42H39N5O7S2. The van der Waals surface area contributed by atoms with Gasteiger partial charge in [-0.1, -0.05) is 49.4 Å². The minimum absolute atomic E-state index is 0.0791. The fourth-order valence-corrected chi connectivity index (χ4v) is 7.52. The number of methoxy groups -OCH3 is 3. The zero-order chi connectivity index (χ0) is 40.2. The second-order valence-electron chi connectivity index (χ2n) is 12.0. The molecule has 56 heavy (non-hydrogen) atoms. The van der Waals surface area contributed by atoms with Crippen LogP contribution in [0.1, 0.15) is 50.1 Å². The van der Waals surface area contributed by atoms with E-state index in [0.717, 1.165) is 11.3 Å². The van der Waals surface area contributed by atoms with Gasteiger partial charge in [-0.2, -0.15) is 5.26 Å². The van der Waals surface area contributed by atoms with E-state index in [2.05, 4.69) is 27.3 Å². The highest BCUT2D eigenvalue weighted by atomic mass is 32.2. The number of thioether (sulfide) groups is 1. The fourth-order valence-electron chi connectivity index (χ4n) is 5.45. The summed E-state index contributed by atoms with van der Waals surface area (Å²) < 4.78 is 16.4. The van der Waals surface area contributed by atoms with Crippen LogP contribution < -0.4 is 35.5 Å². The molecule has 14 heteroatoms. The number of nitrogens with zero attached hydrogens (tertiary/aromatic N) is 1. The van der Waals surface area contributed by atoms with Gasteiger partial charge in [0.25, 0.3) is 17.7 Å². The molecule has 5 rings (SSSR count). The van der Waals surface area contributed by atoms with Gasteiger partial charge in [0, 0.05) is 33.5 Å². The van der Waals surface area contributed by atoms with Gasteiger partial charge in [-0.25, -0.2) is 0 Å². The van der Waals surface area contributed by atoms with Crippen molar-refractivity contribution in [3.05, 3.63) is 130 Å². The SMILES string of the molecule is CCC(Sc1cccc(NC(=O)/C(=C\c2cc(OC)c(OC)cc2OC)NC(=O)c2ccccc2)c1)C(=O)Nc1sc(C(=O)Nc2ccccc2)c(C)c1C#N. The third-order valence-corrected chi connectivity index (χ3v) is 10.9. The number of nitrogens with one attached hydrogen (secondary N) is 4. The zero-order valence-electron chi connectivity index (χ0n) is 31.2. The summed E-state index contributed by atoms with van der Waals surface area (Å²) in [7, 11) is 4.45. The minimum atomic E-state index is -0.623. The number of rotatable bonds is 15. The van der Waals surface area contributed by atoms with Crippen LogP contribution in [-0.4, -0.2) is 50.2 Å². The average molecular weight is 790 g/mol. The zero-order valence-corrected chi connectivity index (χ0v) is 32.9. The van der Waals surface area contributed by atoms with E-state index in [4.69, 9.17) is 14.2 Å². The monoisotopic (exact) mass is 789 g/mol. The molecule has 1 heterocycles. The highest BCUT2D eigenvalue weighted by Crippen LogP contribution is 2.37. The Bertz CT molecular complexity index is 2300. The van der Waals surface area contributed by atoms with Crippen molar-refractivity contribution in [1.29, 1.82) is 5.26 Å². The molecule has 0 aliphatic rings. The second-order valence-corrected chi connectivity index (χ2v) is 14.3. The molecular weight excluding hydrogens is 751 g/mol. The molecule has 4 amide bonds. The van der Waals surface area contributed by atoms with Gasteiger partial charge in [-0.3, -0.25) is 19.2 Å². The van der Waals surface area contributed by atoms with Crippen LogP contribution in [0.5, 0.6) is 17.2 Å². The van der Waals surface area contributed by atoms with E-state index in [-0.39, 0.29) is 28.1 Å². The summed E-state index contributed by atoms with van der Waals surface area (Å²) in [6, 6.07) is 29.7. The predicted molar refractivity (Wildman–Crippen MR) is 220 cm³/mol. The second kappa shape index (κ2) is 19.2. The van der Waals surface area contributed by atoms with Crippen molar-refractivity contribution >= 4 is 69.2 Å². The Morgan fingerprint density at radius 1 is 0.786 bits per heavy atom. The summed E-state index contributed by atoms with van der Waals surface area (Å²) in [5.74, 6) is -0.676. The van der Waals surface area contributed by atoms with Crippen molar-refractivity contribution in [1.82, 2.24) is 5.32 Å². The summed E-state index contributed by atoms with van der Waals surface area (Å²) in [5, 5.41) is 20.9. The number of amides is 4. The Hall–Kier alpha value is -6.56. The molecule has 0 bridgehead atoms. The van der Waals surface area contributed by atoms with E-state index in [0.29, 0.717) is 61.5 Å². The van der Waals surface area contributed by atoms with E-state index < -0.39 is 17.1 Å². The van der Waals surface area contributed by atoms with E-state index in [1.165, 1.54) is 39.2 Å². The number of thiophene rings is 1. The molecule has 0 spiro atoms. The van der Waals surface area contributed by atoms with Crippen LogP contribution in [0, 0.1) is 18.3 Å². The third-order valence-electron chi connectivity index (χ3n) is 8.33. The first-order valence-corrected chi connectivity index (χ1v) is 19.0. The first-order valence-electron chi connectivity index (χ1n) is 17.3. The normalized spacial score (nSPS) is 11.4. The number of hydrogen-bond acceptors (Lipinski definition) is 10. The van der Waals surface area contributed by atoms with Crippen LogP contribution in [-0.2, 0) is 9.59 Å².